The van der Waals surface area contributed by atoms with Crippen LogP contribution < -0.4 is 4.90 Å². The summed E-state index contributed by atoms with van der Waals surface area (Å²) in [6, 6.07) is 7.87. The fourth-order valence-electron chi connectivity index (χ4n) is 1.46. The number of hydrogen-bond donors (Lipinski definition) is 0. The van der Waals surface area contributed by atoms with Gasteiger partial charge in [0.15, 0.2) is 5.13 Å². The van der Waals surface area contributed by atoms with Gasteiger partial charge in [-0.25, -0.2) is 4.98 Å². The number of fused-ring (bicyclic) bond motifs is 1. The molecule has 0 N–H and O–H groups in total. The Labute approximate surface area is 110 Å². The molecule has 2 rings (SSSR count). The third-order valence-corrected chi connectivity index (χ3v) is 3.56. The van der Waals surface area contributed by atoms with E-state index >= 15 is 0 Å². The van der Waals surface area contributed by atoms with Gasteiger partial charge in [0.2, 0.25) is 0 Å². The maximum Gasteiger partial charge on any atom is 0.252 e. The van der Waals surface area contributed by atoms with Crippen molar-refractivity contribution in [3.05, 3.63) is 48.6 Å². The first kappa shape index (κ1) is 12.5. The van der Waals surface area contributed by atoms with E-state index in [4.69, 9.17) is 0 Å². The normalized spacial score (nSPS) is 11.7. The lowest BCUT2D eigenvalue weighted by Gasteiger charge is -2.09. The van der Waals surface area contributed by atoms with E-state index in [1.807, 2.05) is 43.3 Å². The average Bonchev–Trinajstić information content (AvgIpc) is 2.81. The van der Waals surface area contributed by atoms with E-state index in [2.05, 4.69) is 4.98 Å². The van der Waals surface area contributed by atoms with Crippen LogP contribution in [-0.4, -0.2) is 17.9 Å². The van der Waals surface area contributed by atoms with E-state index < -0.39 is 0 Å². The quantitative estimate of drug-likeness (QED) is 0.624. The number of carbonyl (C=O) groups is 1. The van der Waals surface area contributed by atoms with E-state index in [0.29, 0.717) is 5.13 Å². The van der Waals surface area contributed by atoms with Gasteiger partial charge in [-0.1, -0.05) is 41.7 Å². The molecule has 2 aromatic rings. The fourth-order valence-corrected chi connectivity index (χ4v) is 2.39. The van der Waals surface area contributed by atoms with Crippen LogP contribution in [0, 0.1) is 0 Å². The van der Waals surface area contributed by atoms with Crippen LogP contribution in [0.15, 0.2) is 48.6 Å². The number of thiazole rings is 1. The first-order valence-corrected chi connectivity index (χ1v) is 6.46. The third-order valence-electron chi connectivity index (χ3n) is 2.44. The molecule has 92 valence electrons. The number of aromatic nitrogens is 1. The van der Waals surface area contributed by atoms with Crippen molar-refractivity contribution in [3.63, 3.8) is 0 Å². The molecule has 0 bridgehead atoms. The second kappa shape index (κ2) is 5.60. The molecule has 0 fully saturated rings. The zero-order chi connectivity index (χ0) is 13.0. The summed E-state index contributed by atoms with van der Waals surface area (Å²) in [7, 11) is 1.74. The number of carbonyl (C=O) groups excluding carboxylic acids is 1. The van der Waals surface area contributed by atoms with Crippen LogP contribution >= 0.6 is 11.3 Å². The zero-order valence-electron chi connectivity index (χ0n) is 10.3. The molecule has 3 nitrogen and oxygen atoms in total. The first-order valence-electron chi connectivity index (χ1n) is 5.65. The minimum Gasteiger partial charge on any atom is -0.288 e. The van der Waals surface area contributed by atoms with Crippen LogP contribution in [0.1, 0.15) is 6.92 Å². The summed E-state index contributed by atoms with van der Waals surface area (Å²) in [5, 5.41) is 0.714. The van der Waals surface area contributed by atoms with Crippen molar-refractivity contribution in [2.75, 3.05) is 11.9 Å². The molecular weight excluding hydrogens is 244 g/mol. The summed E-state index contributed by atoms with van der Waals surface area (Å²) in [5.41, 5.74) is 0.926. The lowest BCUT2D eigenvalue weighted by Crippen LogP contribution is -2.23. The van der Waals surface area contributed by atoms with Gasteiger partial charge in [0.25, 0.3) is 5.91 Å². The number of allylic oxidation sites excluding steroid dienone is 3. The Morgan fingerprint density at radius 3 is 2.83 bits per heavy atom. The molecule has 0 aliphatic heterocycles. The summed E-state index contributed by atoms with van der Waals surface area (Å²) in [6.07, 6.45) is 6.96. The highest BCUT2D eigenvalue weighted by atomic mass is 32.1. The number of anilines is 1. The first-order chi connectivity index (χ1) is 8.72. The van der Waals surface area contributed by atoms with E-state index in [-0.39, 0.29) is 5.91 Å². The molecule has 0 saturated heterocycles. The molecule has 4 heteroatoms. The second-order valence-electron chi connectivity index (χ2n) is 3.75. The van der Waals surface area contributed by atoms with Crippen molar-refractivity contribution in [2.45, 2.75) is 6.92 Å². The number of hydrogen-bond acceptors (Lipinski definition) is 3. The van der Waals surface area contributed by atoms with Crippen LogP contribution in [-0.2, 0) is 4.79 Å². The lowest BCUT2D eigenvalue weighted by atomic mass is 10.3. The van der Waals surface area contributed by atoms with Crippen LogP contribution in [0.25, 0.3) is 10.2 Å². The molecule has 0 aliphatic carbocycles. The highest BCUT2D eigenvalue weighted by Crippen LogP contribution is 2.27. The van der Waals surface area contributed by atoms with Crippen molar-refractivity contribution in [1.29, 1.82) is 0 Å². The van der Waals surface area contributed by atoms with Gasteiger partial charge in [-0.05, 0) is 19.1 Å². The second-order valence-corrected chi connectivity index (χ2v) is 4.76. The number of likely N-dealkylation sites (N-methyl/N-ethyl adjacent to an activating group) is 1. The average molecular weight is 258 g/mol. The smallest absolute Gasteiger partial charge is 0.252 e. The molecule has 1 aromatic carbocycles. The molecule has 0 atom stereocenters. The molecule has 18 heavy (non-hydrogen) atoms. The van der Waals surface area contributed by atoms with Crippen LogP contribution in [0.5, 0.6) is 0 Å². The van der Waals surface area contributed by atoms with Crippen molar-refractivity contribution < 1.29 is 4.79 Å². The third kappa shape index (κ3) is 2.65. The van der Waals surface area contributed by atoms with Crippen molar-refractivity contribution in [1.82, 2.24) is 4.98 Å². The van der Waals surface area contributed by atoms with E-state index in [9.17, 15) is 4.79 Å². The van der Waals surface area contributed by atoms with E-state index in [1.54, 1.807) is 18.0 Å². The van der Waals surface area contributed by atoms with Gasteiger partial charge < -0.3 is 0 Å². The van der Waals surface area contributed by atoms with Gasteiger partial charge in [-0.3, -0.25) is 9.69 Å². The number of nitrogens with zero attached hydrogens (tertiary/aromatic N) is 2. The molecule has 1 aromatic heterocycles. The topological polar surface area (TPSA) is 33.2 Å². The van der Waals surface area contributed by atoms with Gasteiger partial charge >= 0.3 is 0 Å². The Bertz CT molecular complexity index is 580. The van der Waals surface area contributed by atoms with Gasteiger partial charge in [-0.15, -0.1) is 0 Å². The Kier molecular flexibility index (Phi) is 3.89. The summed E-state index contributed by atoms with van der Waals surface area (Å²) >= 11 is 1.51. The van der Waals surface area contributed by atoms with Gasteiger partial charge in [0, 0.05) is 13.1 Å². The van der Waals surface area contributed by atoms with Crippen LogP contribution in [0.2, 0.25) is 0 Å². The summed E-state index contributed by atoms with van der Waals surface area (Å²) in [5.74, 6) is -0.0767. The predicted molar refractivity (Wildman–Crippen MR) is 77.0 cm³/mol. The van der Waals surface area contributed by atoms with Crippen LogP contribution in [0.4, 0.5) is 5.13 Å². The maximum atomic E-state index is 11.9. The number of amides is 1. The standard InChI is InChI=1S/C14H14N2OS/c1-3-4-5-10-13(17)16(2)14-15-11-8-6-7-9-12(11)18-14/h3-10H,1-2H3/b4-3+,10-5+. The zero-order valence-corrected chi connectivity index (χ0v) is 11.1. The molecular formula is C14H14N2OS. The summed E-state index contributed by atoms with van der Waals surface area (Å²) < 4.78 is 1.09. The molecule has 0 aliphatic rings. The lowest BCUT2D eigenvalue weighted by molar-refractivity contribution is -0.113. The Morgan fingerprint density at radius 2 is 2.11 bits per heavy atom. The number of rotatable bonds is 3. The highest BCUT2D eigenvalue weighted by Gasteiger charge is 2.12. The molecule has 0 spiro atoms. The van der Waals surface area contributed by atoms with Crippen molar-refractivity contribution in [2.24, 2.45) is 0 Å². The Morgan fingerprint density at radius 1 is 1.33 bits per heavy atom. The number of benzene rings is 1. The van der Waals surface area contributed by atoms with Crippen molar-refractivity contribution in [3.8, 4) is 0 Å². The summed E-state index contributed by atoms with van der Waals surface area (Å²) in [6.45, 7) is 1.91. The highest BCUT2D eigenvalue weighted by molar-refractivity contribution is 7.22. The van der Waals surface area contributed by atoms with E-state index in [1.165, 1.54) is 17.4 Å². The Balaban J connectivity index is 2.22. The summed E-state index contributed by atoms with van der Waals surface area (Å²) in [4.78, 5) is 17.9. The van der Waals surface area contributed by atoms with Crippen molar-refractivity contribution >= 4 is 32.6 Å². The molecule has 0 radical (unpaired) electrons. The van der Waals surface area contributed by atoms with Gasteiger partial charge in [0.1, 0.15) is 0 Å². The van der Waals surface area contributed by atoms with E-state index in [0.717, 1.165) is 10.2 Å². The maximum absolute atomic E-state index is 11.9. The molecule has 0 saturated carbocycles. The fraction of sp³-hybridized carbons (Fsp3) is 0.143. The predicted octanol–water partition coefficient (Wildman–Crippen LogP) is 3.39. The SMILES string of the molecule is C/C=C/C=C/C(=O)N(C)c1nc2ccccc2s1. The van der Waals surface area contributed by atoms with Gasteiger partial charge in [0.05, 0.1) is 10.2 Å². The largest absolute Gasteiger partial charge is 0.288 e. The molecule has 0 unspecified atom stereocenters. The molecule has 1 amide bonds. The minimum atomic E-state index is -0.0767. The minimum absolute atomic E-state index is 0.0767. The Hall–Kier alpha value is -1.94. The monoisotopic (exact) mass is 258 g/mol. The van der Waals surface area contributed by atoms with Gasteiger partial charge in [-0.2, -0.15) is 0 Å². The number of para-hydroxylation sites is 1. The van der Waals surface area contributed by atoms with Crippen LogP contribution in [0.3, 0.4) is 0 Å². The molecule has 1 heterocycles.